The Morgan fingerprint density at radius 3 is 2.17 bits per heavy atom. The monoisotopic (exact) mass is 420 g/mol. The largest absolute Gasteiger partial charge is 0.458 e. The van der Waals surface area contributed by atoms with E-state index in [-0.39, 0.29) is 5.56 Å². The predicted molar refractivity (Wildman–Crippen MR) is 114 cm³/mol. The molecule has 30 heavy (non-hydrogen) atoms. The molecule has 0 spiro atoms. The van der Waals surface area contributed by atoms with E-state index in [2.05, 4.69) is 19.1 Å². The third-order valence-corrected chi connectivity index (χ3v) is 6.92. The van der Waals surface area contributed by atoms with Crippen LogP contribution in [0.1, 0.15) is 88.2 Å². The fraction of sp³-hybridized carbons (Fsp3) is 0.615. The number of hydrogen-bond donors (Lipinski definition) is 0. The minimum absolute atomic E-state index is 0.186. The Balaban J connectivity index is 1.50. The SMILES string of the molecule is CCCC=CC1CCC(C2CCC(c3ccc(C#CC(F)(F)F)c(F)c3)CC2)CC1. The minimum Gasteiger partial charge on any atom is -0.206 e. The summed E-state index contributed by atoms with van der Waals surface area (Å²) in [5.74, 6) is 5.03. The van der Waals surface area contributed by atoms with Crippen molar-refractivity contribution in [1.82, 2.24) is 0 Å². The number of unbranched alkanes of at least 4 members (excludes halogenated alkanes) is 1. The molecule has 1 aromatic carbocycles. The lowest BCUT2D eigenvalue weighted by Crippen LogP contribution is -2.25. The molecule has 0 bridgehead atoms. The van der Waals surface area contributed by atoms with Crippen LogP contribution in [0.4, 0.5) is 17.6 Å². The summed E-state index contributed by atoms with van der Waals surface area (Å²) in [4.78, 5) is 0. The van der Waals surface area contributed by atoms with Crippen molar-refractivity contribution in [3.05, 3.63) is 47.3 Å². The van der Waals surface area contributed by atoms with E-state index in [1.165, 1.54) is 63.5 Å². The highest BCUT2D eigenvalue weighted by Crippen LogP contribution is 2.44. The van der Waals surface area contributed by atoms with Gasteiger partial charge < -0.3 is 0 Å². The van der Waals surface area contributed by atoms with Gasteiger partial charge in [-0.15, -0.1) is 0 Å². The van der Waals surface area contributed by atoms with Crippen LogP contribution >= 0.6 is 0 Å². The first-order valence-corrected chi connectivity index (χ1v) is 11.4. The van der Waals surface area contributed by atoms with Crippen LogP contribution in [-0.2, 0) is 0 Å². The lowest BCUT2D eigenvalue weighted by atomic mass is 9.68. The van der Waals surface area contributed by atoms with Gasteiger partial charge in [-0.25, -0.2) is 4.39 Å². The molecule has 0 aromatic heterocycles. The third kappa shape index (κ3) is 6.62. The number of hydrogen-bond acceptors (Lipinski definition) is 0. The van der Waals surface area contributed by atoms with Crippen molar-refractivity contribution in [3.8, 4) is 11.8 Å². The van der Waals surface area contributed by atoms with E-state index in [1.54, 1.807) is 6.07 Å². The van der Waals surface area contributed by atoms with Crippen molar-refractivity contribution in [1.29, 1.82) is 0 Å². The maximum absolute atomic E-state index is 14.2. The second-order valence-corrected chi connectivity index (χ2v) is 8.99. The van der Waals surface area contributed by atoms with Gasteiger partial charge in [0.25, 0.3) is 0 Å². The van der Waals surface area contributed by atoms with Crippen LogP contribution in [-0.4, -0.2) is 6.18 Å². The van der Waals surface area contributed by atoms with Crippen LogP contribution < -0.4 is 0 Å². The zero-order valence-corrected chi connectivity index (χ0v) is 17.8. The summed E-state index contributed by atoms with van der Waals surface area (Å²) in [5.41, 5.74) is 0.711. The number of benzene rings is 1. The maximum Gasteiger partial charge on any atom is 0.458 e. The second-order valence-electron chi connectivity index (χ2n) is 8.99. The molecule has 164 valence electrons. The molecule has 3 rings (SSSR count). The molecular formula is C26H32F4. The molecule has 0 amide bonds. The zero-order chi connectivity index (χ0) is 21.6. The number of halogens is 4. The van der Waals surface area contributed by atoms with Gasteiger partial charge in [-0.3, -0.25) is 0 Å². The molecular weight excluding hydrogens is 388 g/mol. The Hall–Kier alpha value is -1.76. The van der Waals surface area contributed by atoms with Gasteiger partial charge in [0.15, 0.2) is 0 Å². The van der Waals surface area contributed by atoms with Crippen LogP contribution in [0.5, 0.6) is 0 Å². The Labute approximate surface area is 178 Å². The maximum atomic E-state index is 14.2. The van der Waals surface area contributed by atoms with Gasteiger partial charge in [0, 0.05) is 5.92 Å². The molecule has 2 fully saturated rings. The molecule has 4 heteroatoms. The van der Waals surface area contributed by atoms with E-state index in [0.29, 0.717) is 5.92 Å². The lowest BCUT2D eigenvalue weighted by molar-refractivity contribution is -0.0696. The summed E-state index contributed by atoms with van der Waals surface area (Å²) in [6, 6.07) is 4.53. The van der Waals surface area contributed by atoms with Gasteiger partial charge in [-0.1, -0.05) is 37.5 Å². The molecule has 0 nitrogen and oxygen atoms in total. The van der Waals surface area contributed by atoms with Crippen molar-refractivity contribution >= 4 is 0 Å². The van der Waals surface area contributed by atoms with E-state index >= 15 is 0 Å². The summed E-state index contributed by atoms with van der Waals surface area (Å²) in [7, 11) is 0. The van der Waals surface area contributed by atoms with Crippen molar-refractivity contribution in [2.24, 2.45) is 17.8 Å². The second kappa shape index (κ2) is 10.5. The first-order chi connectivity index (χ1) is 14.4. The van der Waals surface area contributed by atoms with Gasteiger partial charge in [0.05, 0.1) is 5.56 Å². The summed E-state index contributed by atoms with van der Waals surface area (Å²) in [6.45, 7) is 2.21. The van der Waals surface area contributed by atoms with Crippen LogP contribution in [0.15, 0.2) is 30.4 Å². The van der Waals surface area contributed by atoms with E-state index in [4.69, 9.17) is 0 Å². The first kappa shape index (κ1) is 22.9. The highest BCUT2D eigenvalue weighted by Gasteiger charge is 2.31. The fourth-order valence-corrected chi connectivity index (χ4v) is 5.21. The average molecular weight is 421 g/mol. The highest BCUT2D eigenvalue weighted by molar-refractivity contribution is 5.39. The van der Waals surface area contributed by atoms with Gasteiger partial charge in [0.2, 0.25) is 0 Å². The van der Waals surface area contributed by atoms with Crippen LogP contribution in [0.25, 0.3) is 0 Å². The van der Waals surface area contributed by atoms with E-state index in [9.17, 15) is 17.6 Å². The van der Waals surface area contributed by atoms with E-state index in [1.807, 2.05) is 5.92 Å². The van der Waals surface area contributed by atoms with Crippen molar-refractivity contribution in [2.45, 2.75) is 83.2 Å². The molecule has 1 aromatic rings. The quantitative estimate of drug-likeness (QED) is 0.256. The smallest absolute Gasteiger partial charge is 0.206 e. The highest BCUT2D eigenvalue weighted by atomic mass is 19.4. The molecule has 0 unspecified atom stereocenters. The number of rotatable bonds is 5. The van der Waals surface area contributed by atoms with Gasteiger partial charge in [-0.05, 0) is 99.2 Å². The van der Waals surface area contributed by atoms with E-state index in [0.717, 1.165) is 42.1 Å². The van der Waals surface area contributed by atoms with Crippen molar-refractivity contribution in [2.75, 3.05) is 0 Å². The molecule has 0 saturated heterocycles. The summed E-state index contributed by atoms with van der Waals surface area (Å²) >= 11 is 0. The molecule has 0 N–H and O–H groups in total. The van der Waals surface area contributed by atoms with Crippen molar-refractivity contribution < 1.29 is 17.6 Å². The Kier molecular flexibility index (Phi) is 8.03. The minimum atomic E-state index is -4.60. The van der Waals surface area contributed by atoms with Gasteiger partial charge in [0.1, 0.15) is 5.82 Å². The summed E-state index contributed by atoms with van der Waals surface area (Å²) in [5, 5.41) is 0. The summed E-state index contributed by atoms with van der Waals surface area (Å²) < 4.78 is 50.9. The normalized spacial score (nSPS) is 27.6. The molecule has 2 aliphatic carbocycles. The van der Waals surface area contributed by atoms with Crippen LogP contribution in [0, 0.1) is 35.4 Å². The van der Waals surface area contributed by atoms with Crippen LogP contribution in [0.3, 0.4) is 0 Å². The van der Waals surface area contributed by atoms with Crippen LogP contribution in [0.2, 0.25) is 0 Å². The predicted octanol–water partition coefficient (Wildman–Crippen LogP) is 8.18. The van der Waals surface area contributed by atoms with E-state index < -0.39 is 12.0 Å². The molecule has 2 aliphatic rings. The Bertz CT molecular complexity index is 764. The van der Waals surface area contributed by atoms with Crippen molar-refractivity contribution in [3.63, 3.8) is 0 Å². The number of allylic oxidation sites excluding steroid dienone is 2. The zero-order valence-electron chi connectivity index (χ0n) is 17.8. The lowest BCUT2D eigenvalue weighted by Gasteiger charge is -2.37. The average Bonchev–Trinajstić information content (AvgIpc) is 2.73. The Morgan fingerprint density at radius 1 is 0.967 bits per heavy atom. The molecule has 0 aliphatic heterocycles. The fourth-order valence-electron chi connectivity index (χ4n) is 5.21. The number of alkyl halides is 3. The molecule has 2 saturated carbocycles. The molecule has 0 atom stereocenters. The first-order valence-electron chi connectivity index (χ1n) is 11.4. The Morgan fingerprint density at radius 2 is 1.60 bits per heavy atom. The topological polar surface area (TPSA) is 0 Å². The van der Waals surface area contributed by atoms with Gasteiger partial charge in [-0.2, -0.15) is 13.2 Å². The third-order valence-electron chi connectivity index (χ3n) is 6.92. The molecule has 0 heterocycles. The standard InChI is InChI=1S/C26H32F4/c1-2-3-4-5-19-6-8-20(9-7-19)21-10-12-22(13-11-21)24-15-14-23(25(27)18-24)16-17-26(28,29)30/h4-5,14-15,18-22H,2-3,6-13H2,1H3. The van der Waals surface area contributed by atoms with Gasteiger partial charge >= 0.3 is 6.18 Å². The summed E-state index contributed by atoms with van der Waals surface area (Å²) in [6.07, 6.45) is 12.2. The molecule has 0 radical (unpaired) electrons.